The average molecular weight is 527 g/mol. The number of likely N-dealkylation sites (tertiary alicyclic amines) is 1. The number of ketones is 1. The predicted octanol–water partition coefficient (Wildman–Crippen LogP) is 3.15. The standard InChI is InChI=1S/C28H31FN2O7/c1-17(2)38-22-9-8-20(16-21(22)29)25(32)23-24(18-4-6-19(7-5-18)28(35)36-3)31(27(34)26(23)33)11-10-30-12-14-37-15-13-30/h4-9,16-17,24,32H,10-15H2,1-3H3/t24-/m0/s1. The molecule has 2 aromatic carbocycles. The van der Waals surface area contributed by atoms with Crippen LogP contribution in [-0.2, 0) is 19.1 Å². The van der Waals surface area contributed by atoms with Gasteiger partial charge in [0, 0.05) is 31.7 Å². The number of esters is 1. The van der Waals surface area contributed by atoms with Crippen LogP contribution in [0.1, 0.15) is 41.4 Å². The van der Waals surface area contributed by atoms with E-state index in [1.807, 2.05) is 0 Å². The van der Waals surface area contributed by atoms with Crippen molar-refractivity contribution in [3.05, 3.63) is 70.5 Å². The first kappa shape index (κ1) is 27.3. The summed E-state index contributed by atoms with van der Waals surface area (Å²) in [7, 11) is 1.27. The highest BCUT2D eigenvalue weighted by molar-refractivity contribution is 6.46. The largest absolute Gasteiger partial charge is 0.507 e. The summed E-state index contributed by atoms with van der Waals surface area (Å²) in [5, 5.41) is 11.2. The number of hydrogen-bond acceptors (Lipinski definition) is 8. The number of halogens is 1. The molecule has 1 N–H and O–H groups in total. The molecule has 2 aromatic rings. The summed E-state index contributed by atoms with van der Waals surface area (Å²) in [4.78, 5) is 41.9. The quantitative estimate of drug-likeness (QED) is 0.242. The number of benzene rings is 2. The summed E-state index contributed by atoms with van der Waals surface area (Å²) in [6, 6.07) is 9.23. The molecule has 2 aliphatic rings. The molecule has 38 heavy (non-hydrogen) atoms. The molecular weight excluding hydrogens is 495 g/mol. The second-order valence-electron chi connectivity index (χ2n) is 9.37. The van der Waals surface area contributed by atoms with E-state index in [2.05, 4.69) is 4.90 Å². The molecule has 0 aliphatic carbocycles. The molecule has 2 heterocycles. The third-order valence-corrected chi connectivity index (χ3v) is 6.52. The summed E-state index contributed by atoms with van der Waals surface area (Å²) in [5.74, 6) is -3.34. The predicted molar refractivity (Wildman–Crippen MR) is 136 cm³/mol. The van der Waals surface area contributed by atoms with Gasteiger partial charge in [-0.15, -0.1) is 0 Å². The second kappa shape index (κ2) is 11.7. The molecule has 2 aliphatic heterocycles. The summed E-state index contributed by atoms with van der Waals surface area (Å²) in [6.45, 7) is 6.81. The Hall–Kier alpha value is -3.76. The van der Waals surface area contributed by atoms with Crippen molar-refractivity contribution in [1.29, 1.82) is 0 Å². The van der Waals surface area contributed by atoms with Crippen LogP contribution in [-0.4, -0.2) is 85.2 Å². The Bertz CT molecular complexity index is 1240. The number of Topliss-reactive ketones (excluding diaryl/α,β-unsaturated/α-hetero) is 1. The lowest BCUT2D eigenvalue weighted by atomic mass is 9.94. The van der Waals surface area contributed by atoms with E-state index in [9.17, 15) is 23.9 Å². The first-order chi connectivity index (χ1) is 18.2. The zero-order chi connectivity index (χ0) is 27.4. The van der Waals surface area contributed by atoms with E-state index in [0.29, 0.717) is 44.0 Å². The van der Waals surface area contributed by atoms with Crippen LogP contribution in [0.4, 0.5) is 4.39 Å². The Kier molecular flexibility index (Phi) is 8.43. The molecule has 9 nitrogen and oxygen atoms in total. The maximum atomic E-state index is 14.7. The highest BCUT2D eigenvalue weighted by Crippen LogP contribution is 2.40. The van der Waals surface area contributed by atoms with Gasteiger partial charge in [0.25, 0.3) is 11.7 Å². The Balaban J connectivity index is 1.74. The zero-order valence-corrected chi connectivity index (χ0v) is 21.6. The van der Waals surface area contributed by atoms with Crippen LogP contribution < -0.4 is 4.74 Å². The van der Waals surface area contributed by atoms with Crippen molar-refractivity contribution in [3.8, 4) is 5.75 Å². The van der Waals surface area contributed by atoms with E-state index >= 15 is 0 Å². The number of rotatable bonds is 8. The Morgan fingerprint density at radius 1 is 1.08 bits per heavy atom. The van der Waals surface area contributed by atoms with E-state index in [4.69, 9.17) is 14.2 Å². The molecule has 0 unspecified atom stereocenters. The highest BCUT2D eigenvalue weighted by Gasteiger charge is 2.46. The molecule has 0 aromatic heterocycles. The molecule has 1 atom stereocenters. The number of amides is 1. The number of carbonyl (C=O) groups is 3. The minimum absolute atomic E-state index is 0.0115. The first-order valence-electron chi connectivity index (χ1n) is 12.4. The molecule has 0 radical (unpaired) electrons. The van der Waals surface area contributed by atoms with Gasteiger partial charge in [-0.05, 0) is 49.7 Å². The number of morpholine rings is 1. The molecule has 10 heteroatoms. The van der Waals surface area contributed by atoms with Crippen LogP contribution in [0, 0.1) is 5.82 Å². The normalized spacial score (nSPS) is 19.7. The number of aliphatic hydroxyl groups excluding tert-OH is 1. The minimum Gasteiger partial charge on any atom is -0.507 e. The molecular formula is C28H31FN2O7. The molecule has 2 saturated heterocycles. The van der Waals surface area contributed by atoms with Crippen molar-refractivity contribution in [2.75, 3.05) is 46.5 Å². The Morgan fingerprint density at radius 3 is 2.34 bits per heavy atom. The van der Waals surface area contributed by atoms with Crippen molar-refractivity contribution in [2.45, 2.75) is 26.0 Å². The fourth-order valence-electron chi connectivity index (χ4n) is 4.60. The van der Waals surface area contributed by atoms with Crippen molar-refractivity contribution in [2.24, 2.45) is 0 Å². The van der Waals surface area contributed by atoms with Gasteiger partial charge in [0.05, 0.1) is 43.6 Å². The minimum atomic E-state index is -0.933. The highest BCUT2D eigenvalue weighted by atomic mass is 19.1. The number of methoxy groups -OCH3 is 1. The van der Waals surface area contributed by atoms with Crippen molar-refractivity contribution < 1.29 is 38.1 Å². The van der Waals surface area contributed by atoms with Crippen molar-refractivity contribution in [1.82, 2.24) is 9.80 Å². The fourth-order valence-corrected chi connectivity index (χ4v) is 4.60. The van der Waals surface area contributed by atoms with Crippen LogP contribution in [0.2, 0.25) is 0 Å². The third kappa shape index (κ3) is 5.71. The first-order valence-corrected chi connectivity index (χ1v) is 12.4. The summed E-state index contributed by atoms with van der Waals surface area (Å²) < 4.78 is 30.3. The zero-order valence-electron chi connectivity index (χ0n) is 21.6. The number of nitrogens with zero attached hydrogens (tertiary/aromatic N) is 2. The summed E-state index contributed by atoms with van der Waals surface area (Å²) >= 11 is 0. The Morgan fingerprint density at radius 2 is 1.74 bits per heavy atom. The molecule has 0 saturated carbocycles. The van der Waals surface area contributed by atoms with Crippen LogP contribution >= 0.6 is 0 Å². The monoisotopic (exact) mass is 526 g/mol. The lowest BCUT2D eigenvalue weighted by Crippen LogP contribution is -2.42. The lowest BCUT2D eigenvalue weighted by Gasteiger charge is -2.31. The smallest absolute Gasteiger partial charge is 0.337 e. The maximum Gasteiger partial charge on any atom is 0.337 e. The molecule has 4 rings (SSSR count). The topological polar surface area (TPSA) is 106 Å². The molecule has 0 bridgehead atoms. The van der Waals surface area contributed by atoms with Crippen LogP contribution in [0.5, 0.6) is 5.75 Å². The van der Waals surface area contributed by atoms with Gasteiger partial charge in [0.15, 0.2) is 11.6 Å². The van der Waals surface area contributed by atoms with Crippen LogP contribution in [0.15, 0.2) is 48.0 Å². The van der Waals surface area contributed by atoms with Gasteiger partial charge in [-0.1, -0.05) is 12.1 Å². The van der Waals surface area contributed by atoms with E-state index in [1.165, 1.54) is 36.3 Å². The number of aliphatic hydroxyl groups is 1. The fraction of sp³-hybridized carbons (Fsp3) is 0.393. The average Bonchev–Trinajstić information content (AvgIpc) is 3.17. The van der Waals surface area contributed by atoms with Gasteiger partial charge in [0.2, 0.25) is 0 Å². The van der Waals surface area contributed by atoms with Gasteiger partial charge >= 0.3 is 5.97 Å². The lowest BCUT2D eigenvalue weighted by molar-refractivity contribution is -0.140. The molecule has 2 fully saturated rings. The van der Waals surface area contributed by atoms with E-state index in [1.54, 1.807) is 26.0 Å². The SMILES string of the molecule is COC(=O)c1ccc([C@H]2C(=C(O)c3ccc(OC(C)C)c(F)c3)C(=O)C(=O)N2CCN2CCOCC2)cc1. The number of carbonyl (C=O) groups excluding carboxylic acids is 3. The Labute approximate surface area is 220 Å². The van der Waals surface area contributed by atoms with Gasteiger partial charge < -0.3 is 24.2 Å². The van der Waals surface area contributed by atoms with Gasteiger partial charge in [-0.3, -0.25) is 14.5 Å². The third-order valence-electron chi connectivity index (χ3n) is 6.52. The molecule has 202 valence electrons. The van der Waals surface area contributed by atoms with Crippen LogP contribution in [0.25, 0.3) is 5.76 Å². The molecule has 1 amide bonds. The van der Waals surface area contributed by atoms with Crippen molar-refractivity contribution >= 4 is 23.4 Å². The summed E-state index contributed by atoms with van der Waals surface area (Å²) in [5.41, 5.74) is 0.700. The van der Waals surface area contributed by atoms with E-state index in [-0.39, 0.29) is 29.5 Å². The summed E-state index contributed by atoms with van der Waals surface area (Å²) in [6.07, 6.45) is -0.256. The van der Waals surface area contributed by atoms with Crippen LogP contribution in [0.3, 0.4) is 0 Å². The molecule has 0 spiro atoms. The maximum absolute atomic E-state index is 14.7. The van der Waals surface area contributed by atoms with E-state index in [0.717, 1.165) is 6.07 Å². The van der Waals surface area contributed by atoms with E-state index < -0.39 is 35.3 Å². The van der Waals surface area contributed by atoms with Gasteiger partial charge in [0.1, 0.15) is 5.76 Å². The number of ether oxygens (including phenoxy) is 3. The van der Waals surface area contributed by atoms with Crippen molar-refractivity contribution in [3.63, 3.8) is 0 Å². The van der Waals surface area contributed by atoms with Gasteiger partial charge in [-0.2, -0.15) is 0 Å². The number of hydrogen-bond donors (Lipinski definition) is 1. The van der Waals surface area contributed by atoms with Gasteiger partial charge in [-0.25, -0.2) is 9.18 Å². The second-order valence-corrected chi connectivity index (χ2v) is 9.37.